The van der Waals surface area contributed by atoms with Crippen molar-refractivity contribution in [2.45, 2.75) is 19.4 Å². The van der Waals surface area contributed by atoms with Crippen LogP contribution in [-0.2, 0) is 6.42 Å². The van der Waals surface area contributed by atoms with E-state index in [0.717, 1.165) is 6.07 Å². The summed E-state index contributed by atoms with van der Waals surface area (Å²) in [6, 6.07) is 0.352. The first kappa shape index (κ1) is 11.2. The van der Waals surface area contributed by atoms with E-state index >= 15 is 0 Å². The maximum Gasteiger partial charge on any atom is 0.165 e. The molecule has 0 amide bonds. The summed E-state index contributed by atoms with van der Waals surface area (Å²) in [7, 11) is 0. The molecule has 5 heteroatoms. The molecule has 1 aromatic rings. The summed E-state index contributed by atoms with van der Waals surface area (Å²) >= 11 is 5.48. The Morgan fingerprint density at radius 1 is 1.57 bits per heavy atom. The van der Waals surface area contributed by atoms with Crippen molar-refractivity contribution in [1.29, 1.82) is 0 Å². The third kappa shape index (κ3) is 2.13. The SMILES string of the molecule is CC(N)Cc1c(O)c(Cl)cc(F)c1F. The zero-order valence-corrected chi connectivity index (χ0v) is 8.28. The monoisotopic (exact) mass is 221 g/mol. The summed E-state index contributed by atoms with van der Waals surface area (Å²) < 4.78 is 26.0. The van der Waals surface area contributed by atoms with Crippen molar-refractivity contribution >= 4 is 11.6 Å². The number of rotatable bonds is 2. The van der Waals surface area contributed by atoms with Crippen LogP contribution in [0.2, 0.25) is 5.02 Å². The lowest BCUT2D eigenvalue weighted by molar-refractivity contribution is 0.438. The second-order valence-electron chi connectivity index (χ2n) is 3.16. The van der Waals surface area contributed by atoms with E-state index in [2.05, 4.69) is 0 Å². The van der Waals surface area contributed by atoms with E-state index in [1.165, 1.54) is 0 Å². The van der Waals surface area contributed by atoms with Gasteiger partial charge in [0.1, 0.15) is 5.75 Å². The minimum Gasteiger partial charge on any atom is -0.506 e. The molecule has 1 aromatic carbocycles. The molecule has 0 aliphatic heterocycles. The van der Waals surface area contributed by atoms with Crippen molar-refractivity contribution in [2.75, 3.05) is 0 Å². The summed E-state index contributed by atoms with van der Waals surface area (Å²) in [4.78, 5) is 0. The van der Waals surface area contributed by atoms with Gasteiger partial charge in [0.2, 0.25) is 0 Å². The minimum absolute atomic E-state index is 0.0369. The maximum atomic E-state index is 13.2. The van der Waals surface area contributed by atoms with Gasteiger partial charge in [0.15, 0.2) is 11.6 Å². The molecule has 0 radical (unpaired) electrons. The van der Waals surface area contributed by atoms with Gasteiger partial charge in [-0.2, -0.15) is 0 Å². The molecule has 1 atom stereocenters. The minimum atomic E-state index is -1.09. The highest BCUT2D eigenvalue weighted by atomic mass is 35.5. The van der Waals surface area contributed by atoms with E-state index < -0.39 is 17.4 Å². The van der Waals surface area contributed by atoms with Gasteiger partial charge >= 0.3 is 0 Å². The highest BCUT2D eigenvalue weighted by Crippen LogP contribution is 2.31. The summed E-state index contributed by atoms with van der Waals surface area (Å²) in [6.07, 6.45) is 0.0369. The van der Waals surface area contributed by atoms with Crippen molar-refractivity contribution in [3.8, 4) is 5.75 Å². The predicted octanol–water partition coefficient (Wildman–Crippen LogP) is 2.21. The molecule has 3 N–H and O–H groups in total. The molecule has 2 nitrogen and oxygen atoms in total. The molecule has 1 unspecified atom stereocenters. The van der Waals surface area contributed by atoms with Crippen LogP contribution < -0.4 is 5.73 Å². The quantitative estimate of drug-likeness (QED) is 0.753. The molecule has 0 aromatic heterocycles. The number of benzene rings is 1. The molecule has 0 aliphatic carbocycles. The van der Waals surface area contributed by atoms with Crippen LogP contribution in [0.1, 0.15) is 12.5 Å². The van der Waals surface area contributed by atoms with Gasteiger partial charge in [0.05, 0.1) is 5.02 Å². The third-order valence-corrected chi connectivity index (χ3v) is 2.05. The van der Waals surface area contributed by atoms with E-state index in [4.69, 9.17) is 17.3 Å². The van der Waals surface area contributed by atoms with E-state index in [1.807, 2.05) is 0 Å². The van der Waals surface area contributed by atoms with Crippen LogP contribution in [0.3, 0.4) is 0 Å². The number of nitrogens with two attached hydrogens (primary N) is 1. The average molecular weight is 222 g/mol. The van der Waals surface area contributed by atoms with Gasteiger partial charge in [0.25, 0.3) is 0 Å². The molecule has 0 saturated heterocycles. The van der Waals surface area contributed by atoms with Crippen LogP contribution in [-0.4, -0.2) is 11.1 Å². The molecule has 0 bridgehead atoms. The first-order valence-electron chi connectivity index (χ1n) is 4.04. The first-order chi connectivity index (χ1) is 6.43. The van der Waals surface area contributed by atoms with Crippen molar-refractivity contribution in [3.63, 3.8) is 0 Å². The highest BCUT2D eigenvalue weighted by Gasteiger charge is 2.17. The van der Waals surface area contributed by atoms with E-state index in [-0.39, 0.29) is 23.0 Å². The van der Waals surface area contributed by atoms with Crippen LogP contribution in [0.5, 0.6) is 5.75 Å². The average Bonchev–Trinajstić information content (AvgIpc) is 2.09. The molecule has 0 spiro atoms. The van der Waals surface area contributed by atoms with E-state index in [1.54, 1.807) is 6.92 Å². The number of phenolic OH excluding ortho intramolecular Hbond substituents is 1. The summed E-state index contributed by atoms with van der Waals surface area (Å²) in [6.45, 7) is 1.62. The predicted molar refractivity (Wildman–Crippen MR) is 50.4 cm³/mol. The fourth-order valence-electron chi connectivity index (χ4n) is 1.14. The Balaban J connectivity index is 3.25. The summed E-state index contributed by atoms with van der Waals surface area (Å²) in [5.41, 5.74) is 5.24. The van der Waals surface area contributed by atoms with Gasteiger partial charge in [0, 0.05) is 11.6 Å². The Hall–Kier alpha value is -0.870. The topological polar surface area (TPSA) is 46.2 Å². The van der Waals surface area contributed by atoms with E-state index in [0.29, 0.717) is 0 Å². The van der Waals surface area contributed by atoms with Crippen molar-refractivity contribution in [1.82, 2.24) is 0 Å². The van der Waals surface area contributed by atoms with Crippen molar-refractivity contribution in [2.24, 2.45) is 5.73 Å². The number of hydrogen-bond donors (Lipinski definition) is 2. The molecular formula is C9H10ClF2NO. The standard InChI is InChI=1S/C9H10ClF2NO/c1-4(13)2-5-8(12)7(11)3-6(10)9(5)14/h3-4,14H,2,13H2,1H3. The highest BCUT2D eigenvalue weighted by molar-refractivity contribution is 6.32. The molecule has 1 rings (SSSR count). The Morgan fingerprint density at radius 3 is 2.64 bits per heavy atom. The molecule has 0 fully saturated rings. The van der Waals surface area contributed by atoms with Crippen LogP contribution in [0.25, 0.3) is 0 Å². The molecule has 14 heavy (non-hydrogen) atoms. The smallest absolute Gasteiger partial charge is 0.165 e. The van der Waals surface area contributed by atoms with Gasteiger partial charge in [-0.3, -0.25) is 0 Å². The molecule has 0 saturated carbocycles. The fraction of sp³-hybridized carbons (Fsp3) is 0.333. The molecular weight excluding hydrogens is 212 g/mol. The summed E-state index contributed by atoms with van der Waals surface area (Å²) in [5, 5.41) is 9.15. The zero-order chi connectivity index (χ0) is 10.9. The van der Waals surface area contributed by atoms with Gasteiger partial charge in [-0.25, -0.2) is 8.78 Å². The Labute approximate surface area is 85.3 Å². The van der Waals surface area contributed by atoms with Crippen molar-refractivity contribution in [3.05, 3.63) is 28.3 Å². The van der Waals surface area contributed by atoms with Crippen molar-refractivity contribution < 1.29 is 13.9 Å². The third-order valence-electron chi connectivity index (χ3n) is 1.77. The van der Waals surface area contributed by atoms with Crippen LogP contribution in [0.15, 0.2) is 6.07 Å². The number of aromatic hydroxyl groups is 1. The summed E-state index contributed by atoms with van der Waals surface area (Å²) in [5.74, 6) is -2.62. The Kier molecular flexibility index (Phi) is 3.29. The van der Waals surface area contributed by atoms with Crippen LogP contribution >= 0.6 is 11.6 Å². The molecule has 0 aliphatic rings. The molecule has 78 valence electrons. The molecule has 0 heterocycles. The van der Waals surface area contributed by atoms with Gasteiger partial charge in [-0.05, 0) is 19.4 Å². The zero-order valence-electron chi connectivity index (χ0n) is 7.52. The second-order valence-corrected chi connectivity index (χ2v) is 3.57. The van der Waals surface area contributed by atoms with Gasteiger partial charge in [-0.1, -0.05) is 11.6 Å². The van der Waals surface area contributed by atoms with Crippen LogP contribution in [0, 0.1) is 11.6 Å². The normalized spacial score (nSPS) is 12.9. The second kappa shape index (κ2) is 4.11. The number of phenols is 1. The number of hydrogen-bond acceptors (Lipinski definition) is 2. The maximum absolute atomic E-state index is 13.2. The number of halogens is 3. The first-order valence-corrected chi connectivity index (χ1v) is 4.42. The largest absolute Gasteiger partial charge is 0.506 e. The lowest BCUT2D eigenvalue weighted by Gasteiger charge is -2.10. The lowest BCUT2D eigenvalue weighted by Crippen LogP contribution is -2.19. The van der Waals surface area contributed by atoms with Crippen LogP contribution in [0.4, 0.5) is 8.78 Å². The Bertz CT molecular complexity index is 329. The Morgan fingerprint density at radius 2 is 2.14 bits per heavy atom. The fourth-order valence-corrected chi connectivity index (χ4v) is 1.35. The lowest BCUT2D eigenvalue weighted by atomic mass is 10.1. The van der Waals surface area contributed by atoms with Gasteiger partial charge in [-0.15, -0.1) is 0 Å². The van der Waals surface area contributed by atoms with E-state index in [9.17, 15) is 13.9 Å². The van der Waals surface area contributed by atoms with Gasteiger partial charge < -0.3 is 10.8 Å².